The molecule has 2 aromatic carbocycles. The summed E-state index contributed by atoms with van der Waals surface area (Å²) in [5.41, 5.74) is 3.31. The first kappa shape index (κ1) is 17.3. The van der Waals surface area contributed by atoms with Gasteiger partial charge in [0.05, 0.1) is 11.8 Å². The number of hydrogen-bond acceptors (Lipinski definition) is 4. The molecule has 0 radical (unpaired) electrons. The molecule has 4 heteroatoms. The maximum atomic E-state index is 6.11. The third kappa shape index (κ3) is 4.32. The highest BCUT2D eigenvalue weighted by atomic mass is 16.5. The van der Waals surface area contributed by atoms with Gasteiger partial charge in [0.25, 0.3) is 0 Å². The number of aromatic nitrogens is 1. The van der Waals surface area contributed by atoms with Crippen molar-refractivity contribution in [3.05, 3.63) is 65.9 Å². The van der Waals surface area contributed by atoms with E-state index in [0.717, 1.165) is 68.6 Å². The molecule has 0 N–H and O–H groups in total. The Morgan fingerprint density at radius 1 is 1.00 bits per heavy atom. The zero-order valence-electron chi connectivity index (χ0n) is 15.1. The Balaban J connectivity index is 1.16. The molecule has 26 heavy (non-hydrogen) atoms. The van der Waals surface area contributed by atoms with Crippen molar-refractivity contribution in [2.24, 2.45) is 0 Å². The van der Waals surface area contributed by atoms with Crippen LogP contribution in [0.25, 0.3) is 11.0 Å². The van der Waals surface area contributed by atoms with Crippen LogP contribution in [-0.2, 0) is 17.7 Å². The van der Waals surface area contributed by atoms with Crippen molar-refractivity contribution in [1.82, 2.24) is 10.1 Å². The van der Waals surface area contributed by atoms with E-state index in [1.807, 2.05) is 18.2 Å². The molecule has 0 atom stereocenters. The van der Waals surface area contributed by atoms with Crippen molar-refractivity contribution in [2.75, 3.05) is 19.7 Å². The predicted molar refractivity (Wildman–Crippen MR) is 103 cm³/mol. The molecule has 0 unspecified atom stereocenters. The molecule has 1 aliphatic heterocycles. The Kier molecular flexibility index (Phi) is 5.62. The number of likely N-dealkylation sites (tertiary alicyclic amines) is 1. The van der Waals surface area contributed by atoms with Gasteiger partial charge in [-0.05, 0) is 43.4 Å². The van der Waals surface area contributed by atoms with Gasteiger partial charge in [-0.2, -0.15) is 0 Å². The van der Waals surface area contributed by atoms with Crippen LogP contribution in [0.4, 0.5) is 0 Å². The van der Waals surface area contributed by atoms with E-state index < -0.39 is 0 Å². The summed E-state index contributed by atoms with van der Waals surface area (Å²) < 4.78 is 11.5. The fourth-order valence-corrected chi connectivity index (χ4v) is 3.68. The summed E-state index contributed by atoms with van der Waals surface area (Å²) in [4.78, 5) is 2.52. The van der Waals surface area contributed by atoms with Crippen LogP contribution in [0.15, 0.2) is 59.1 Å². The third-order valence-corrected chi connectivity index (χ3v) is 5.15. The fourth-order valence-electron chi connectivity index (χ4n) is 3.68. The number of para-hydroxylation sites is 1. The van der Waals surface area contributed by atoms with Crippen LogP contribution in [0.5, 0.6) is 0 Å². The molecule has 0 bridgehead atoms. The summed E-state index contributed by atoms with van der Waals surface area (Å²) in [6, 6.07) is 18.8. The van der Waals surface area contributed by atoms with Gasteiger partial charge < -0.3 is 9.26 Å². The first-order valence-corrected chi connectivity index (χ1v) is 9.60. The molecule has 1 aromatic heterocycles. The molecule has 3 aromatic rings. The zero-order valence-corrected chi connectivity index (χ0v) is 15.1. The van der Waals surface area contributed by atoms with Crippen LogP contribution in [0, 0.1) is 0 Å². The Bertz CT molecular complexity index is 807. The highest BCUT2D eigenvalue weighted by Gasteiger charge is 2.19. The normalized spacial score (nSPS) is 16.3. The topological polar surface area (TPSA) is 38.5 Å². The number of nitrogens with zero attached hydrogens (tertiary/aromatic N) is 2. The molecule has 0 saturated carbocycles. The quantitative estimate of drug-likeness (QED) is 0.591. The summed E-state index contributed by atoms with van der Waals surface area (Å²) in [6.45, 7) is 4.08. The maximum Gasteiger partial charge on any atom is 0.167 e. The summed E-state index contributed by atoms with van der Waals surface area (Å²) in [7, 11) is 0. The summed E-state index contributed by atoms with van der Waals surface area (Å²) >= 11 is 0. The van der Waals surface area contributed by atoms with Crippen molar-refractivity contribution in [3.8, 4) is 0 Å². The van der Waals surface area contributed by atoms with Crippen molar-refractivity contribution < 1.29 is 9.26 Å². The molecule has 1 aliphatic rings. The van der Waals surface area contributed by atoms with Gasteiger partial charge in [-0.25, -0.2) is 0 Å². The highest BCUT2D eigenvalue weighted by molar-refractivity contribution is 5.79. The summed E-state index contributed by atoms with van der Waals surface area (Å²) in [5, 5.41) is 5.32. The average Bonchev–Trinajstić information content (AvgIpc) is 3.11. The Hall–Kier alpha value is -2.17. The number of fused-ring (bicyclic) bond motifs is 1. The number of aryl methyl sites for hydroxylation is 1. The number of rotatable bonds is 7. The van der Waals surface area contributed by atoms with Crippen molar-refractivity contribution in [1.29, 1.82) is 0 Å². The lowest BCUT2D eigenvalue weighted by molar-refractivity contribution is 0.00495. The molecular formula is C22H26N2O2. The van der Waals surface area contributed by atoms with E-state index in [4.69, 9.17) is 9.26 Å². The number of benzene rings is 2. The zero-order chi connectivity index (χ0) is 17.6. The van der Waals surface area contributed by atoms with Gasteiger partial charge >= 0.3 is 0 Å². The minimum Gasteiger partial charge on any atom is -0.378 e. The second-order valence-electron chi connectivity index (χ2n) is 7.06. The van der Waals surface area contributed by atoms with Crippen LogP contribution < -0.4 is 0 Å². The molecule has 0 aliphatic carbocycles. The Morgan fingerprint density at radius 3 is 2.62 bits per heavy atom. The van der Waals surface area contributed by atoms with Gasteiger partial charge in [-0.3, -0.25) is 4.90 Å². The van der Waals surface area contributed by atoms with E-state index in [1.165, 1.54) is 5.56 Å². The summed E-state index contributed by atoms with van der Waals surface area (Å²) in [6.07, 6.45) is 4.54. The molecular weight excluding hydrogens is 324 g/mol. The number of piperidine rings is 1. The molecule has 0 amide bonds. The average molecular weight is 350 g/mol. The van der Waals surface area contributed by atoms with Gasteiger partial charge in [0.1, 0.15) is 0 Å². The smallest absolute Gasteiger partial charge is 0.167 e. The van der Waals surface area contributed by atoms with Gasteiger partial charge in [-0.15, -0.1) is 0 Å². The van der Waals surface area contributed by atoms with Crippen LogP contribution in [-0.4, -0.2) is 35.9 Å². The van der Waals surface area contributed by atoms with Gasteiger partial charge in [0.15, 0.2) is 5.58 Å². The highest BCUT2D eigenvalue weighted by Crippen LogP contribution is 2.20. The second-order valence-corrected chi connectivity index (χ2v) is 7.06. The fraction of sp³-hybridized carbons (Fsp3) is 0.409. The van der Waals surface area contributed by atoms with E-state index in [2.05, 4.69) is 46.5 Å². The third-order valence-electron chi connectivity index (χ3n) is 5.15. The molecule has 4 rings (SSSR count). The van der Waals surface area contributed by atoms with Gasteiger partial charge in [0, 0.05) is 31.6 Å². The first-order chi connectivity index (χ1) is 12.9. The number of hydrogen-bond donors (Lipinski definition) is 0. The van der Waals surface area contributed by atoms with E-state index in [-0.39, 0.29) is 0 Å². The molecule has 2 heterocycles. The SMILES string of the molecule is c1ccc(CN2CCC(OCCCc3noc4ccccc34)CC2)cc1. The van der Waals surface area contributed by atoms with Crippen molar-refractivity contribution >= 4 is 11.0 Å². The molecule has 4 nitrogen and oxygen atoms in total. The van der Waals surface area contributed by atoms with E-state index in [9.17, 15) is 0 Å². The van der Waals surface area contributed by atoms with Crippen LogP contribution in [0.3, 0.4) is 0 Å². The lowest BCUT2D eigenvalue weighted by Crippen LogP contribution is -2.36. The van der Waals surface area contributed by atoms with Gasteiger partial charge in [0.2, 0.25) is 0 Å². The molecule has 136 valence electrons. The Labute approximate surface area is 154 Å². The standard InChI is InChI=1S/C22H26N2O2/c1-2-7-18(8-3-1)17-24-14-12-19(13-15-24)25-16-6-10-21-20-9-4-5-11-22(20)26-23-21/h1-5,7-9,11,19H,6,10,12-17H2. The van der Waals surface area contributed by atoms with E-state index in [1.54, 1.807) is 0 Å². The monoisotopic (exact) mass is 350 g/mol. The maximum absolute atomic E-state index is 6.11. The van der Waals surface area contributed by atoms with Crippen LogP contribution >= 0.6 is 0 Å². The van der Waals surface area contributed by atoms with E-state index in [0.29, 0.717) is 6.10 Å². The van der Waals surface area contributed by atoms with E-state index >= 15 is 0 Å². The largest absolute Gasteiger partial charge is 0.378 e. The van der Waals surface area contributed by atoms with Gasteiger partial charge in [-0.1, -0.05) is 47.6 Å². The molecule has 0 spiro atoms. The molecule has 1 fully saturated rings. The number of ether oxygens (including phenoxy) is 1. The lowest BCUT2D eigenvalue weighted by Gasteiger charge is -2.31. The molecule has 1 saturated heterocycles. The summed E-state index contributed by atoms with van der Waals surface area (Å²) in [5.74, 6) is 0. The van der Waals surface area contributed by atoms with Crippen molar-refractivity contribution in [2.45, 2.75) is 38.3 Å². The Morgan fingerprint density at radius 2 is 1.77 bits per heavy atom. The lowest BCUT2D eigenvalue weighted by atomic mass is 10.1. The van der Waals surface area contributed by atoms with Crippen LogP contribution in [0.1, 0.15) is 30.5 Å². The second kappa shape index (κ2) is 8.47. The predicted octanol–water partition coefficient (Wildman–Crippen LogP) is 4.44. The van der Waals surface area contributed by atoms with Crippen molar-refractivity contribution in [3.63, 3.8) is 0 Å². The minimum atomic E-state index is 0.399. The first-order valence-electron chi connectivity index (χ1n) is 9.60. The minimum absolute atomic E-state index is 0.399. The van der Waals surface area contributed by atoms with Crippen LogP contribution in [0.2, 0.25) is 0 Å².